The van der Waals surface area contributed by atoms with E-state index in [0.717, 1.165) is 32.7 Å². The van der Waals surface area contributed by atoms with Crippen LogP contribution in [0.1, 0.15) is 27.2 Å². The summed E-state index contributed by atoms with van der Waals surface area (Å²) in [6.07, 6.45) is 1.16. The lowest BCUT2D eigenvalue weighted by Crippen LogP contribution is -2.57. The van der Waals surface area contributed by atoms with Crippen LogP contribution in [-0.2, 0) is 4.74 Å². The lowest BCUT2D eigenvalue weighted by atomic mass is 10.0. The predicted molar refractivity (Wildman–Crippen MR) is 59.6 cm³/mol. The van der Waals surface area contributed by atoms with Crippen LogP contribution >= 0.6 is 0 Å². The van der Waals surface area contributed by atoms with Crippen molar-refractivity contribution >= 4 is 0 Å². The normalized spacial score (nSPS) is 22.5. The van der Waals surface area contributed by atoms with Crippen molar-refractivity contribution in [2.45, 2.75) is 32.7 Å². The highest BCUT2D eigenvalue weighted by molar-refractivity contribution is 4.86. The summed E-state index contributed by atoms with van der Waals surface area (Å²) < 4.78 is 5.33. The Balaban J connectivity index is 2.12. The fraction of sp³-hybridized carbons (Fsp3) is 1.00. The van der Waals surface area contributed by atoms with Crippen LogP contribution in [0.5, 0.6) is 0 Å². The summed E-state index contributed by atoms with van der Waals surface area (Å²) in [7, 11) is 0. The van der Waals surface area contributed by atoms with Gasteiger partial charge in [0.1, 0.15) is 0 Å². The fourth-order valence-electron chi connectivity index (χ4n) is 1.97. The molecule has 3 heteroatoms. The first-order chi connectivity index (χ1) is 6.64. The molecule has 84 valence electrons. The van der Waals surface area contributed by atoms with Gasteiger partial charge in [0.2, 0.25) is 0 Å². The first-order valence-electron chi connectivity index (χ1n) is 5.69. The highest BCUT2D eigenvalue weighted by atomic mass is 16.5. The topological polar surface area (TPSA) is 24.5 Å². The predicted octanol–water partition coefficient (Wildman–Crippen LogP) is 1.10. The van der Waals surface area contributed by atoms with Gasteiger partial charge >= 0.3 is 0 Å². The van der Waals surface area contributed by atoms with Gasteiger partial charge in [0.25, 0.3) is 0 Å². The van der Waals surface area contributed by atoms with Gasteiger partial charge in [0.05, 0.1) is 0 Å². The molecule has 0 aromatic rings. The van der Waals surface area contributed by atoms with Crippen LogP contribution in [0.3, 0.4) is 0 Å². The van der Waals surface area contributed by atoms with Gasteiger partial charge in [0.15, 0.2) is 0 Å². The molecule has 3 nitrogen and oxygen atoms in total. The third-order valence-corrected chi connectivity index (χ3v) is 2.62. The minimum Gasteiger partial charge on any atom is -0.382 e. The van der Waals surface area contributed by atoms with Crippen LogP contribution in [0.4, 0.5) is 0 Å². The monoisotopic (exact) mass is 200 g/mol. The number of nitrogens with zero attached hydrogens (tertiary/aromatic N) is 1. The summed E-state index contributed by atoms with van der Waals surface area (Å²) in [6, 6.07) is 0. The standard InChI is InChI=1S/C11H24N2O/c1-4-14-9-5-7-13-8-6-12-11(2,3)10-13/h12H,4-10H2,1-3H3. The first kappa shape index (κ1) is 12.0. The van der Waals surface area contributed by atoms with Crippen molar-refractivity contribution in [2.75, 3.05) is 39.4 Å². The third kappa shape index (κ3) is 4.40. The molecular weight excluding hydrogens is 176 g/mol. The zero-order valence-electron chi connectivity index (χ0n) is 9.81. The number of rotatable bonds is 5. The second-order valence-electron chi connectivity index (χ2n) is 4.64. The molecule has 0 aromatic carbocycles. The second kappa shape index (κ2) is 5.69. The minimum atomic E-state index is 0.282. The molecule has 0 atom stereocenters. The Labute approximate surface area is 87.8 Å². The molecule has 0 spiro atoms. The molecule has 1 saturated heterocycles. The van der Waals surface area contributed by atoms with Crippen LogP contribution in [0, 0.1) is 0 Å². The molecule has 1 aliphatic heterocycles. The number of hydrogen-bond donors (Lipinski definition) is 1. The maximum absolute atomic E-state index is 5.33. The highest BCUT2D eigenvalue weighted by Gasteiger charge is 2.24. The van der Waals surface area contributed by atoms with Crippen molar-refractivity contribution in [3.63, 3.8) is 0 Å². The van der Waals surface area contributed by atoms with Gasteiger partial charge in [0, 0.05) is 44.9 Å². The lowest BCUT2D eigenvalue weighted by molar-refractivity contribution is 0.112. The molecule has 0 aromatic heterocycles. The zero-order chi connectivity index (χ0) is 10.4. The number of piperazine rings is 1. The van der Waals surface area contributed by atoms with Crippen molar-refractivity contribution < 1.29 is 4.74 Å². The molecule has 14 heavy (non-hydrogen) atoms. The van der Waals surface area contributed by atoms with E-state index in [2.05, 4.69) is 24.1 Å². The van der Waals surface area contributed by atoms with Crippen LogP contribution in [0.15, 0.2) is 0 Å². The SMILES string of the molecule is CCOCCCN1CCNC(C)(C)C1. The summed E-state index contributed by atoms with van der Waals surface area (Å²) in [5.74, 6) is 0. The molecule has 0 amide bonds. The third-order valence-electron chi connectivity index (χ3n) is 2.62. The Bertz CT molecular complexity index is 159. The minimum absolute atomic E-state index is 0.282. The summed E-state index contributed by atoms with van der Waals surface area (Å²) >= 11 is 0. The van der Waals surface area contributed by atoms with Gasteiger partial charge in [-0.2, -0.15) is 0 Å². The smallest absolute Gasteiger partial charge is 0.0478 e. The van der Waals surface area contributed by atoms with Crippen LogP contribution in [0.25, 0.3) is 0 Å². The Kier molecular flexibility index (Phi) is 4.85. The molecule has 1 N–H and O–H groups in total. The van der Waals surface area contributed by atoms with E-state index in [1.807, 2.05) is 6.92 Å². The molecule has 0 saturated carbocycles. The van der Waals surface area contributed by atoms with E-state index in [0.29, 0.717) is 0 Å². The van der Waals surface area contributed by atoms with E-state index >= 15 is 0 Å². The lowest BCUT2D eigenvalue weighted by Gasteiger charge is -2.39. The molecule has 1 rings (SSSR count). The summed E-state index contributed by atoms with van der Waals surface area (Å²) in [5.41, 5.74) is 0.282. The molecule has 1 aliphatic rings. The van der Waals surface area contributed by atoms with E-state index in [1.54, 1.807) is 0 Å². The Morgan fingerprint density at radius 1 is 1.43 bits per heavy atom. The van der Waals surface area contributed by atoms with E-state index in [9.17, 15) is 0 Å². The summed E-state index contributed by atoms with van der Waals surface area (Å²) in [4.78, 5) is 2.52. The Hall–Kier alpha value is -0.120. The number of nitrogens with one attached hydrogen (secondary N) is 1. The summed E-state index contributed by atoms with van der Waals surface area (Å²) in [6.45, 7) is 12.9. The van der Waals surface area contributed by atoms with Gasteiger partial charge in [-0.25, -0.2) is 0 Å². The maximum atomic E-state index is 5.33. The molecular formula is C11H24N2O. The van der Waals surface area contributed by atoms with E-state index in [-0.39, 0.29) is 5.54 Å². The molecule has 0 aliphatic carbocycles. The van der Waals surface area contributed by atoms with E-state index in [1.165, 1.54) is 13.1 Å². The summed E-state index contributed by atoms with van der Waals surface area (Å²) in [5, 5.41) is 3.52. The van der Waals surface area contributed by atoms with Gasteiger partial charge < -0.3 is 15.0 Å². The van der Waals surface area contributed by atoms with Crippen molar-refractivity contribution in [3.8, 4) is 0 Å². The quantitative estimate of drug-likeness (QED) is 0.673. The molecule has 1 heterocycles. The van der Waals surface area contributed by atoms with Crippen LogP contribution in [0.2, 0.25) is 0 Å². The maximum Gasteiger partial charge on any atom is 0.0478 e. The van der Waals surface area contributed by atoms with Crippen molar-refractivity contribution in [2.24, 2.45) is 0 Å². The number of hydrogen-bond acceptors (Lipinski definition) is 3. The fourth-order valence-corrected chi connectivity index (χ4v) is 1.97. The molecule has 1 fully saturated rings. The average molecular weight is 200 g/mol. The van der Waals surface area contributed by atoms with Crippen LogP contribution in [-0.4, -0.2) is 49.8 Å². The Morgan fingerprint density at radius 2 is 2.21 bits per heavy atom. The molecule has 0 radical (unpaired) electrons. The zero-order valence-corrected chi connectivity index (χ0v) is 9.81. The average Bonchev–Trinajstić information content (AvgIpc) is 2.11. The van der Waals surface area contributed by atoms with Gasteiger partial charge in [-0.1, -0.05) is 0 Å². The van der Waals surface area contributed by atoms with Crippen molar-refractivity contribution in [1.29, 1.82) is 0 Å². The van der Waals surface area contributed by atoms with E-state index < -0.39 is 0 Å². The Morgan fingerprint density at radius 3 is 2.86 bits per heavy atom. The largest absolute Gasteiger partial charge is 0.382 e. The highest BCUT2D eigenvalue weighted by Crippen LogP contribution is 2.09. The van der Waals surface area contributed by atoms with Gasteiger partial charge in [-0.15, -0.1) is 0 Å². The number of ether oxygens (including phenoxy) is 1. The second-order valence-corrected chi connectivity index (χ2v) is 4.64. The van der Waals surface area contributed by atoms with Crippen LogP contribution < -0.4 is 5.32 Å². The first-order valence-corrected chi connectivity index (χ1v) is 5.69. The van der Waals surface area contributed by atoms with Gasteiger partial charge in [-0.05, 0) is 27.2 Å². The molecule has 0 unspecified atom stereocenters. The van der Waals surface area contributed by atoms with E-state index in [4.69, 9.17) is 4.74 Å². The van der Waals surface area contributed by atoms with Gasteiger partial charge in [-0.3, -0.25) is 0 Å². The van der Waals surface area contributed by atoms with Crippen molar-refractivity contribution in [3.05, 3.63) is 0 Å². The van der Waals surface area contributed by atoms with Crippen molar-refractivity contribution in [1.82, 2.24) is 10.2 Å². The molecule has 0 bridgehead atoms.